The second-order valence-electron chi connectivity index (χ2n) is 5.55. The lowest BCUT2D eigenvalue weighted by Crippen LogP contribution is -2.36. The molecule has 2 N–H and O–H groups in total. The third-order valence-corrected chi connectivity index (χ3v) is 4.22. The zero-order valence-corrected chi connectivity index (χ0v) is 11.8. The van der Waals surface area contributed by atoms with Crippen LogP contribution in [0.1, 0.15) is 50.2 Å². The van der Waals surface area contributed by atoms with Gasteiger partial charge in [-0.3, -0.25) is 4.90 Å². The van der Waals surface area contributed by atoms with Gasteiger partial charge in [-0.1, -0.05) is 38.3 Å². The van der Waals surface area contributed by atoms with Crippen LogP contribution in [-0.4, -0.2) is 17.5 Å². The van der Waals surface area contributed by atoms with E-state index in [2.05, 4.69) is 30.9 Å². The van der Waals surface area contributed by atoms with Crippen LogP contribution in [0.4, 0.5) is 5.69 Å². The summed E-state index contributed by atoms with van der Waals surface area (Å²) in [6, 6.07) is 7.25. The van der Waals surface area contributed by atoms with Crippen LogP contribution in [0, 0.1) is 6.92 Å². The molecule has 1 aromatic rings. The second kappa shape index (κ2) is 6.24. The van der Waals surface area contributed by atoms with Gasteiger partial charge in [-0.25, -0.2) is 0 Å². The Morgan fingerprint density at radius 2 is 1.94 bits per heavy atom. The van der Waals surface area contributed by atoms with Crippen molar-refractivity contribution in [1.82, 2.24) is 4.90 Å². The van der Waals surface area contributed by atoms with Crippen LogP contribution in [0.2, 0.25) is 0 Å². The lowest BCUT2D eigenvalue weighted by molar-refractivity contribution is 0.156. The summed E-state index contributed by atoms with van der Waals surface area (Å²) in [5, 5.41) is 0. The molecule has 0 spiro atoms. The minimum Gasteiger partial charge on any atom is -0.399 e. The summed E-state index contributed by atoms with van der Waals surface area (Å²) in [6.45, 7) is 6.59. The first kappa shape index (κ1) is 13.4. The molecule has 0 radical (unpaired) electrons. The average molecular weight is 246 g/mol. The summed E-state index contributed by atoms with van der Waals surface area (Å²) in [6.07, 6.45) is 6.99. The van der Waals surface area contributed by atoms with Crippen molar-refractivity contribution < 1.29 is 0 Å². The quantitative estimate of drug-likeness (QED) is 0.820. The molecular formula is C16H26N2. The number of nitrogens with zero attached hydrogens (tertiary/aromatic N) is 1. The summed E-state index contributed by atoms with van der Waals surface area (Å²) in [5.74, 6) is 0. The highest BCUT2D eigenvalue weighted by atomic mass is 15.1. The molecule has 0 unspecified atom stereocenters. The molecular weight excluding hydrogens is 220 g/mol. The minimum absolute atomic E-state index is 0.793. The Balaban J connectivity index is 2.02. The number of hydrogen-bond acceptors (Lipinski definition) is 2. The fraction of sp³-hybridized carbons (Fsp3) is 0.625. The first-order valence-electron chi connectivity index (χ1n) is 7.29. The van der Waals surface area contributed by atoms with Gasteiger partial charge in [0.25, 0.3) is 0 Å². The summed E-state index contributed by atoms with van der Waals surface area (Å²) in [4.78, 5) is 2.63. The second-order valence-corrected chi connectivity index (χ2v) is 5.55. The molecule has 0 aromatic heterocycles. The Morgan fingerprint density at radius 3 is 2.56 bits per heavy atom. The Hall–Kier alpha value is -1.02. The molecule has 0 heterocycles. The minimum atomic E-state index is 0.793. The summed E-state index contributed by atoms with van der Waals surface area (Å²) >= 11 is 0. The highest BCUT2D eigenvalue weighted by molar-refractivity contribution is 5.47. The monoisotopic (exact) mass is 246 g/mol. The van der Waals surface area contributed by atoms with E-state index in [4.69, 9.17) is 5.73 Å². The normalized spacial score (nSPS) is 17.3. The van der Waals surface area contributed by atoms with Crippen LogP contribution in [0.25, 0.3) is 0 Å². The van der Waals surface area contributed by atoms with Gasteiger partial charge >= 0.3 is 0 Å². The van der Waals surface area contributed by atoms with E-state index < -0.39 is 0 Å². The standard InChI is InChI=1S/C16H26N2/c1-3-18(15-7-5-4-6-8-15)12-14-9-10-16(17)13(2)11-14/h9-11,15H,3-8,12,17H2,1-2H3. The molecule has 2 nitrogen and oxygen atoms in total. The van der Waals surface area contributed by atoms with Crippen molar-refractivity contribution in [2.24, 2.45) is 0 Å². The first-order valence-corrected chi connectivity index (χ1v) is 7.29. The maximum Gasteiger partial charge on any atom is 0.0343 e. The number of anilines is 1. The number of nitrogen functional groups attached to an aromatic ring is 1. The van der Waals surface area contributed by atoms with Crippen molar-refractivity contribution in [3.63, 3.8) is 0 Å². The van der Waals surface area contributed by atoms with E-state index in [0.717, 1.165) is 24.8 Å². The number of benzene rings is 1. The number of nitrogens with two attached hydrogens (primary N) is 1. The molecule has 1 aliphatic rings. The predicted molar refractivity (Wildman–Crippen MR) is 78.5 cm³/mol. The summed E-state index contributed by atoms with van der Waals surface area (Å²) in [7, 11) is 0. The van der Waals surface area contributed by atoms with E-state index in [-0.39, 0.29) is 0 Å². The fourth-order valence-corrected chi connectivity index (χ4v) is 3.02. The highest BCUT2D eigenvalue weighted by Crippen LogP contribution is 2.24. The maximum absolute atomic E-state index is 5.88. The van der Waals surface area contributed by atoms with Crippen LogP contribution >= 0.6 is 0 Å². The molecule has 1 aliphatic carbocycles. The van der Waals surface area contributed by atoms with Gasteiger partial charge in [0.2, 0.25) is 0 Å². The molecule has 0 bridgehead atoms. The Labute approximate surface area is 111 Å². The third kappa shape index (κ3) is 3.26. The van der Waals surface area contributed by atoms with Gasteiger partial charge in [-0.15, -0.1) is 0 Å². The molecule has 0 aliphatic heterocycles. The lowest BCUT2D eigenvalue weighted by atomic mass is 9.94. The lowest BCUT2D eigenvalue weighted by Gasteiger charge is -2.33. The van der Waals surface area contributed by atoms with Crippen molar-refractivity contribution in [3.05, 3.63) is 29.3 Å². The van der Waals surface area contributed by atoms with Crippen LogP contribution in [0.3, 0.4) is 0 Å². The summed E-state index contributed by atoms with van der Waals surface area (Å²) in [5.41, 5.74) is 9.38. The van der Waals surface area contributed by atoms with Gasteiger partial charge in [0.1, 0.15) is 0 Å². The van der Waals surface area contributed by atoms with E-state index in [1.54, 1.807) is 0 Å². The van der Waals surface area contributed by atoms with Gasteiger partial charge in [0.15, 0.2) is 0 Å². The molecule has 1 aromatic carbocycles. The molecule has 0 amide bonds. The topological polar surface area (TPSA) is 29.3 Å². The summed E-state index contributed by atoms with van der Waals surface area (Å²) < 4.78 is 0. The molecule has 1 saturated carbocycles. The Kier molecular flexibility index (Phi) is 4.65. The molecule has 2 heteroatoms. The smallest absolute Gasteiger partial charge is 0.0343 e. The van der Waals surface area contributed by atoms with Crippen molar-refractivity contribution >= 4 is 5.69 Å². The van der Waals surface area contributed by atoms with Crippen molar-refractivity contribution in [1.29, 1.82) is 0 Å². The fourth-order valence-electron chi connectivity index (χ4n) is 3.02. The Bertz CT molecular complexity index is 381. The molecule has 0 atom stereocenters. The van der Waals surface area contributed by atoms with E-state index in [0.29, 0.717) is 0 Å². The number of rotatable bonds is 4. The van der Waals surface area contributed by atoms with Gasteiger partial charge in [0, 0.05) is 18.3 Å². The SMILES string of the molecule is CCN(Cc1ccc(N)c(C)c1)C1CCCCC1. The zero-order chi connectivity index (χ0) is 13.0. The van der Waals surface area contributed by atoms with Crippen LogP contribution in [0.5, 0.6) is 0 Å². The number of hydrogen-bond donors (Lipinski definition) is 1. The predicted octanol–water partition coefficient (Wildman–Crippen LogP) is 3.73. The van der Waals surface area contributed by atoms with Crippen molar-refractivity contribution in [3.8, 4) is 0 Å². The first-order chi connectivity index (χ1) is 8.70. The van der Waals surface area contributed by atoms with Crippen LogP contribution in [0.15, 0.2) is 18.2 Å². The Morgan fingerprint density at radius 1 is 1.22 bits per heavy atom. The van der Waals surface area contributed by atoms with E-state index in [1.807, 2.05) is 6.07 Å². The van der Waals surface area contributed by atoms with E-state index in [9.17, 15) is 0 Å². The van der Waals surface area contributed by atoms with Gasteiger partial charge in [0.05, 0.1) is 0 Å². The van der Waals surface area contributed by atoms with Gasteiger partial charge < -0.3 is 5.73 Å². The van der Waals surface area contributed by atoms with E-state index >= 15 is 0 Å². The zero-order valence-electron chi connectivity index (χ0n) is 11.8. The molecule has 1 fully saturated rings. The molecule has 100 valence electrons. The van der Waals surface area contributed by atoms with Crippen LogP contribution < -0.4 is 5.73 Å². The van der Waals surface area contributed by atoms with Crippen molar-refractivity contribution in [2.75, 3.05) is 12.3 Å². The largest absolute Gasteiger partial charge is 0.399 e. The maximum atomic E-state index is 5.88. The molecule has 0 saturated heterocycles. The molecule has 2 rings (SSSR count). The van der Waals surface area contributed by atoms with E-state index in [1.165, 1.54) is 43.2 Å². The molecule has 18 heavy (non-hydrogen) atoms. The van der Waals surface area contributed by atoms with Crippen LogP contribution in [-0.2, 0) is 6.54 Å². The number of aryl methyl sites for hydroxylation is 1. The van der Waals surface area contributed by atoms with Crippen molar-refractivity contribution in [2.45, 2.75) is 58.5 Å². The highest BCUT2D eigenvalue weighted by Gasteiger charge is 2.19. The van der Waals surface area contributed by atoms with Gasteiger partial charge in [-0.05, 0) is 43.5 Å². The third-order valence-electron chi connectivity index (χ3n) is 4.22. The average Bonchev–Trinajstić information content (AvgIpc) is 2.41. The van der Waals surface area contributed by atoms with Gasteiger partial charge in [-0.2, -0.15) is 0 Å².